The van der Waals surface area contributed by atoms with Crippen LogP contribution in [0, 0.1) is 5.92 Å². The number of aryl methyl sites for hydroxylation is 1. The van der Waals surface area contributed by atoms with Crippen molar-refractivity contribution in [1.82, 2.24) is 5.43 Å². The zero-order valence-electron chi connectivity index (χ0n) is 14.1. The SMILES string of the molecule is CC(CC(=O)Nc1cccc2c1CCCC2)=NNC(=O)C(C)C. The van der Waals surface area contributed by atoms with Crippen LogP contribution in [0.2, 0.25) is 0 Å². The van der Waals surface area contributed by atoms with Gasteiger partial charge in [-0.05, 0) is 49.8 Å². The average Bonchev–Trinajstić information content (AvgIpc) is 2.52. The molecule has 0 heterocycles. The van der Waals surface area contributed by atoms with E-state index in [1.54, 1.807) is 20.8 Å². The number of hydrazone groups is 1. The molecule has 0 aromatic heterocycles. The molecule has 2 rings (SSSR count). The largest absolute Gasteiger partial charge is 0.325 e. The van der Waals surface area contributed by atoms with Crippen LogP contribution in [0.25, 0.3) is 0 Å². The Morgan fingerprint density at radius 3 is 2.70 bits per heavy atom. The number of anilines is 1. The van der Waals surface area contributed by atoms with Crippen molar-refractivity contribution < 1.29 is 9.59 Å². The number of amides is 2. The fraction of sp³-hybridized carbons (Fsp3) is 0.500. The Morgan fingerprint density at radius 2 is 1.96 bits per heavy atom. The molecule has 0 radical (unpaired) electrons. The topological polar surface area (TPSA) is 70.6 Å². The molecule has 0 saturated heterocycles. The molecule has 0 saturated carbocycles. The number of benzene rings is 1. The molecular formula is C18H25N3O2. The number of carbonyl (C=O) groups is 2. The second kappa shape index (κ2) is 7.90. The second-order valence-corrected chi connectivity index (χ2v) is 6.35. The number of carbonyl (C=O) groups excluding carboxylic acids is 2. The first-order valence-electron chi connectivity index (χ1n) is 8.21. The highest BCUT2D eigenvalue weighted by Gasteiger charge is 2.15. The van der Waals surface area contributed by atoms with Crippen LogP contribution < -0.4 is 10.7 Å². The number of nitrogens with zero attached hydrogens (tertiary/aromatic N) is 1. The first kappa shape index (κ1) is 17.2. The van der Waals surface area contributed by atoms with Gasteiger partial charge in [-0.3, -0.25) is 9.59 Å². The zero-order valence-corrected chi connectivity index (χ0v) is 14.1. The molecule has 2 N–H and O–H groups in total. The molecule has 1 aromatic carbocycles. The molecule has 0 fully saturated rings. The van der Waals surface area contributed by atoms with Crippen molar-refractivity contribution in [3.63, 3.8) is 0 Å². The molecule has 5 heteroatoms. The summed E-state index contributed by atoms with van der Waals surface area (Å²) in [7, 11) is 0. The predicted molar refractivity (Wildman–Crippen MR) is 92.4 cm³/mol. The van der Waals surface area contributed by atoms with Crippen molar-refractivity contribution in [2.75, 3.05) is 5.32 Å². The van der Waals surface area contributed by atoms with Gasteiger partial charge in [0.05, 0.1) is 6.42 Å². The van der Waals surface area contributed by atoms with Gasteiger partial charge >= 0.3 is 0 Å². The molecule has 0 unspecified atom stereocenters. The molecule has 0 aliphatic heterocycles. The molecule has 1 aromatic rings. The quantitative estimate of drug-likeness (QED) is 0.647. The standard InChI is InChI=1S/C18H25N3O2/c1-12(2)18(23)21-20-13(3)11-17(22)19-16-10-6-8-14-7-4-5-9-15(14)16/h6,8,10,12H,4-5,7,9,11H2,1-3H3,(H,19,22)(H,21,23). The van der Waals surface area contributed by atoms with E-state index in [1.807, 2.05) is 12.1 Å². The lowest BCUT2D eigenvalue weighted by Crippen LogP contribution is -2.25. The lowest BCUT2D eigenvalue weighted by Gasteiger charge is -2.19. The van der Waals surface area contributed by atoms with Gasteiger partial charge in [-0.1, -0.05) is 26.0 Å². The van der Waals surface area contributed by atoms with E-state index in [0.29, 0.717) is 5.71 Å². The van der Waals surface area contributed by atoms with E-state index in [9.17, 15) is 9.59 Å². The van der Waals surface area contributed by atoms with E-state index < -0.39 is 0 Å². The van der Waals surface area contributed by atoms with Gasteiger partial charge in [0, 0.05) is 17.3 Å². The van der Waals surface area contributed by atoms with Crippen LogP contribution in [0.3, 0.4) is 0 Å². The fourth-order valence-corrected chi connectivity index (χ4v) is 2.64. The average molecular weight is 315 g/mol. The normalized spacial score (nSPS) is 14.3. The third kappa shape index (κ3) is 4.91. The van der Waals surface area contributed by atoms with Gasteiger partial charge in [-0.25, -0.2) is 5.43 Å². The van der Waals surface area contributed by atoms with Crippen LogP contribution in [0.5, 0.6) is 0 Å². The Balaban J connectivity index is 1.95. The molecular weight excluding hydrogens is 290 g/mol. The van der Waals surface area contributed by atoms with Gasteiger partial charge in [0.25, 0.3) is 0 Å². The van der Waals surface area contributed by atoms with Crippen molar-refractivity contribution in [1.29, 1.82) is 0 Å². The van der Waals surface area contributed by atoms with Gasteiger partial charge in [0.15, 0.2) is 0 Å². The van der Waals surface area contributed by atoms with Gasteiger partial charge in [-0.15, -0.1) is 0 Å². The first-order chi connectivity index (χ1) is 11.0. The monoisotopic (exact) mass is 315 g/mol. The number of nitrogens with one attached hydrogen (secondary N) is 2. The van der Waals surface area contributed by atoms with Crippen LogP contribution in [0.15, 0.2) is 23.3 Å². The highest BCUT2D eigenvalue weighted by molar-refractivity contribution is 6.06. The van der Waals surface area contributed by atoms with Crippen molar-refractivity contribution >= 4 is 23.2 Å². The summed E-state index contributed by atoms with van der Waals surface area (Å²) in [5.41, 5.74) is 6.56. The van der Waals surface area contributed by atoms with E-state index in [4.69, 9.17) is 0 Å². The van der Waals surface area contributed by atoms with Gasteiger partial charge in [0.1, 0.15) is 0 Å². The summed E-state index contributed by atoms with van der Waals surface area (Å²) in [6.07, 6.45) is 4.65. The maximum Gasteiger partial charge on any atom is 0.242 e. The summed E-state index contributed by atoms with van der Waals surface area (Å²) < 4.78 is 0. The maximum atomic E-state index is 12.2. The minimum atomic E-state index is -0.151. The summed E-state index contributed by atoms with van der Waals surface area (Å²) in [4.78, 5) is 23.6. The highest BCUT2D eigenvalue weighted by Crippen LogP contribution is 2.27. The molecule has 1 aliphatic rings. The Kier molecular flexibility index (Phi) is 5.90. The number of rotatable bonds is 5. The van der Waals surface area contributed by atoms with Crippen LogP contribution in [-0.2, 0) is 22.4 Å². The van der Waals surface area contributed by atoms with Gasteiger partial charge in [-0.2, -0.15) is 5.10 Å². The van der Waals surface area contributed by atoms with Crippen molar-refractivity contribution in [3.05, 3.63) is 29.3 Å². The number of fused-ring (bicyclic) bond motifs is 1. The van der Waals surface area contributed by atoms with Crippen LogP contribution in [0.1, 0.15) is 51.2 Å². The number of hydrogen-bond donors (Lipinski definition) is 2. The molecule has 1 aliphatic carbocycles. The van der Waals surface area contributed by atoms with Gasteiger partial charge in [0.2, 0.25) is 11.8 Å². The minimum Gasteiger partial charge on any atom is -0.325 e. The fourth-order valence-electron chi connectivity index (χ4n) is 2.64. The predicted octanol–water partition coefficient (Wildman–Crippen LogP) is 3.04. The molecule has 2 amide bonds. The summed E-state index contributed by atoms with van der Waals surface area (Å²) in [5, 5.41) is 6.95. The molecule has 124 valence electrons. The molecule has 23 heavy (non-hydrogen) atoms. The minimum absolute atomic E-state index is 0.107. The third-order valence-electron chi connectivity index (χ3n) is 3.97. The van der Waals surface area contributed by atoms with Crippen LogP contribution in [0.4, 0.5) is 5.69 Å². The maximum absolute atomic E-state index is 12.2. The van der Waals surface area contributed by atoms with Crippen LogP contribution >= 0.6 is 0 Å². The first-order valence-corrected chi connectivity index (χ1v) is 8.21. The van der Waals surface area contributed by atoms with Crippen molar-refractivity contribution in [2.45, 2.75) is 52.9 Å². The van der Waals surface area contributed by atoms with Crippen LogP contribution in [-0.4, -0.2) is 17.5 Å². The van der Waals surface area contributed by atoms with Gasteiger partial charge < -0.3 is 5.32 Å². The summed E-state index contributed by atoms with van der Waals surface area (Å²) in [5.74, 6) is -0.387. The lowest BCUT2D eigenvalue weighted by atomic mass is 9.90. The Labute approximate surface area is 137 Å². The summed E-state index contributed by atoms with van der Waals surface area (Å²) in [6.45, 7) is 5.33. The van der Waals surface area contributed by atoms with E-state index >= 15 is 0 Å². The Hall–Kier alpha value is -2.17. The van der Waals surface area contributed by atoms with E-state index in [2.05, 4.69) is 21.9 Å². The molecule has 5 nitrogen and oxygen atoms in total. The lowest BCUT2D eigenvalue weighted by molar-refractivity contribution is -0.124. The smallest absolute Gasteiger partial charge is 0.242 e. The molecule has 0 spiro atoms. The summed E-state index contributed by atoms with van der Waals surface area (Å²) >= 11 is 0. The van der Waals surface area contributed by atoms with Crippen molar-refractivity contribution in [2.24, 2.45) is 11.0 Å². The zero-order chi connectivity index (χ0) is 16.8. The Morgan fingerprint density at radius 1 is 1.22 bits per heavy atom. The Bertz CT molecular complexity index is 621. The van der Waals surface area contributed by atoms with E-state index in [0.717, 1.165) is 18.5 Å². The molecule has 0 bridgehead atoms. The molecule has 0 atom stereocenters. The van der Waals surface area contributed by atoms with E-state index in [-0.39, 0.29) is 24.2 Å². The van der Waals surface area contributed by atoms with E-state index in [1.165, 1.54) is 24.0 Å². The highest BCUT2D eigenvalue weighted by atomic mass is 16.2. The number of hydrogen-bond acceptors (Lipinski definition) is 3. The summed E-state index contributed by atoms with van der Waals surface area (Å²) in [6, 6.07) is 6.08. The van der Waals surface area contributed by atoms with Crippen molar-refractivity contribution in [3.8, 4) is 0 Å². The third-order valence-corrected chi connectivity index (χ3v) is 3.97. The second-order valence-electron chi connectivity index (χ2n) is 6.35.